The summed E-state index contributed by atoms with van der Waals surface area (Å²) in [6.07, 6.45) is 0.795. The quantitative estimate of drug-likeness (QED) is 0.664. The van der Waals surface area contributed by atoms with Gasteiger partial charge < -0.3 is 5.73 Å². The molecule has 0 bridgehead atoms. The van der Waals surface area contributed by atoms with Gasteiger partial charge in [-0.3, -0.25) is 10.2 Å². The minimum Gasteiger partial charge on any atom is -0.374 e. The van der Waals surface area contributed by atoms with Crippen LogP contribution >= 0.6 is 12.2 Å². The first-order chi connectivity index (χ1) is 11.5. The molecule has 24 heavy (non-hydrogen) atoms. The van der Waals surface area contributed by atoms with E-state index in [2.05, 4.69) is 17.6 Å². The molecule has 3 N–H and O–H groups in total. The van der Waals surface area contributed by atoms with Crippen LogP contribution in [0.4, 0.5) is 10.1 Å². The van der Waals surface area contributed by atoms with Crippen molar-refractivity contribution in [1.29, 1.82) is 0 Å². The lowest BCUT2D eigenvalue weighted by atomic mass is 10.1. The van der Waals surface area contributed by atoms with Crippen molar-refractivity contribution in [2.24, 2.45) is 11.7 Å². The molecule has 1 aliphatic carbocycles. The van der Waals surface area contributed by atoms with Crippen LogP contribution < -0.4 is 16.2 Å². The molecule has 0 heterocycles. The average molecular weight is 343 g/mol. The highest BCUT2D eigenvalue weighted by Crippen LogP contribution is 2.47. The van der Waals surface area contributed by atoms with Crippen molar-refractivity contribution >= 4 is 28.9 Å². The molecular weight excluding hydrogens is 325 g/mol. The zero-order valence-corrected chi connectivity index (χ0v) is 14.0. The molecule has 1 fully saturated rings. The van der Waals surface area contributed by atoms with Crippen molar-refractivity contribution in [3.8, 4) is 0 Å². The van der Waals surface area contributed by atoms with Gasteiger partial charge in [-0.25, -0.2) is 9.40 Å². The fourth-order valence-electron chi connectivity index (χ4n) is 2.70. The van der Waals surface area contributed by atoms with Crippen LogP contribution in [-0.2, 0) is 4.79 Å². The fourth-order valence-corrected chi connectivity index (χ4v) is 2.85. The molecule has 1 aliphatic rings. The summed E-state index contributed by atoms with van der Waals surface area (Å²) in [5.74, 6) is -0.399. The van der Waals surface area contributed by atoms with Gasteiger partial charge in [0.25, 0.3) is 0 Å². The molecule has 0 aromatic heterocycles. The number of nitrogens with one attached hydrogen (secondary N) is 1. The summed E-state index contributed by atoms with van der Waals surface area (Å²) in [5, 5.41) is 1.31. The molecule has 0 radical (unpaired) electrons. The Balaban J connectivity index is 1.68. The lowest BCUT2D eigenvalue weighted by Gasteiger charge is -2.23. The number of anilines is 1. The van der Waals surface area contributed by atoms with E-state index >= 15 is 0 Å². The summed E-state index contributed by atoms with van der Waals surface area (Å²) in [7, 11) is 0. The third-order valence-corrected chi connectivity index (χ3v) is 4.34. The third kappa shape index (κ3) is 3.54. The highest BCUT2D eigenvalue weighted by Gasteiger charge is 2.44. The Labute approximate surface area is 145 Å². The van der Waals surface area contributed by atoms with E-state index in [1.54, 1.807) is 0 Å². The minimum atomic E-state index is -0.366. The number of rotatable bonds is 3. The fraction of sp³-hybridized carbons (Fsp3) is 0.222. The summed E-state index contributed by atoms with van der Waals surface area (Å²) in [6, 6.07) is 13.8. The Morgan fingerprint density at radius 1 is 1.21 bits per heavy atom. The van der Waals surface area contributed by atoms with Crippen molar-refractivity contribution in [2.45, 2.75) is 19.3 Å². The van der Waals surface area contributed by atoms with Gasteiger partial charge in [-0.05, 0) is 61.3 Å². The van der Waals surface area contributed by atoms with Gasteiger partial charge in [0.1, 0.15) is 5.82 Å². The number of thiocarbonyl (C=S) groups is 1. The van der Waals surface area contributed by atoms with E-state index < -0.39 is 0 Å². The predicted molar refractivity (Wildman–Crippen MR) is 95.8 cm³/mol. The number of hydrazine groups is 1. The number of amides is 1. The van der Waals surface area contributed by atoms with Gasteiger partial charge in [0.2, 0.25) is 5.91 Å². The largest absolute Gasteiger partial charge is 0.374 e. The summed E-state index contributed by atoms with van der Waals surface area (Å²) >= 11 is 4.99. The van der Waals surface area contributed by atoms with Crippen molar-refractivity contribution in [3.05, 3.63) is 65.5 Å². The molecule has 1 amide bonds. The Kier molecular flexibility index (Phi) is 4.49. The molecule has 3 rings (SSSR count). The standard InChI is InChI=1S/C18H18FN3OS/c1-11-2-4-12(5-3-11)15-10-16(15)17(23)21-22(18(20)24)14-8-6-13(19)7-9-14/h2-9,15-16H,10H2,1H3,(H2,20,24)(H,21,23). The third-order valence-electron chi connectivity index (χ3n) is 4.16. The van der Waals surface area contributed by atoms with E-state index in [1.807, 2.05) is 19.1 Å². The van der Waals surface area contributed by atoms with E-state index in [0.717, 1.165) is 12.0 Å². The average Bonchev–Trinajstić information content (AvgIpc) is 3.34. The molecule has 2 aromatic rings. The maximum Gasteiger partial charge on any atom is 0.242 e. The molecule has 0 spiro atoms. The Bertz CT molecular complexity index is 761. The minimum absolute atomic E-state index is 0.00231. The molecule has 0 saturated heterocycles. The Hall–Kier alpha value is -2.47. The SMILES string of the molecule is Cc1ccc(C2CC2C(=O)NN(C(N)=S)c2ccc(F)cc2)cc1. The lowest BCUT2D eigenvalue weighted by molar-refractivity contribution is -0.122. The van der Waals surface area contributed by atoms with E-state index in [-0.39, 0.29) is 28.7 Å². The van der Waals surface area contributed by atoms with E-state index in [0.29, 0.717) is 5.69 Å². The van der Waals surface area contributed by atoms with Gasteiger partial charge in [-0.15, -0.1) is 0 Å². The number of aryl methyl sites for hydroxylation is 1. The Morgan fingerprint density at radius 3 is 2.42 bits per heavy atom. The summed E-state index contributed by atoms with van der Waals surface area (Å²) in [5.41, 5.74) is 11.3. The van der Waals surface area contributed by atoms with E-state index in [9.17, 15) is 9.18 Å². The van der Waals surface area contributed by atoms with Crippen LogP contribution in [0, 0.1) is 18.7 Å². The molecule has 1 saturated carbocycles. The number of nitrogens with two attached hydrogens (primary N) is 1. The van der Waals surface area contributed by atoms with Gasteiger partial charge in [-0.2, -0.15) is 0 Å². The molecule has 0 aliphatic heterocycles. The van der Waals surface area contributed by atoms with Crippen molar-refractivity contribution in [3.63, 3.8) is 0 Å². The van der Waals surface area contributed by atoms with Crippen LogP contribution in [0.1, 0.15) is 23.5 Å². The molecule has 2 unspecified atom stereocenters. The van der Waals surface area contributed by atoms with Gasteiger partial charge in [0.15, 0.2) is 5.11 Å². The molecular formula is C18H18FN3OS. The number of nitrogens with zero attached hydrogens (tertiary/aromatic N) is 1. The first kappa shape index (κ1) is 16.4. The van der Waals surface area contributed by atoms with Crippen molar-refractivity contribution < 1.29 is 9.18 Å². The number of halogens is 1. The maximum absolute atomic E-state index is 13.0. The summed E-state index contributed by atoms with van der Waals surface area (Å²) in [6.45, 7) is 2.03. The lowest BCUT2D eigenvalue weighted by Crippen LogP contribution is -2.49. The molecule has 4 nitrogen and oxygen atoms in total. The number of hydrogen-bond acceptors (Lipinski definition) is 2. The van der Waals surface area contributed by atoms with Crippen LogP contribution in [0.15, 0.2) is 48.5 Å². The Morgan fingerprint density at radius 2 is 1.83 bits per heavy atom. The zero-order valence-electron chi connectivity index (χ0n) is 13.2. The monoisotopic (exact) mass is 343 g/mol. The van der Waals surface area contributed by atoms with Crippen LogP contribution in [0.5, 0.6) is 0 Å². The number of carbonyl (C=O) groups is 1. The normalized spacial score (nSPS) is 18.8. The number of hydrogen-bond donors (Lipinski definition) is 2. The second-order valence-corrected chi connectivity index (χ2v) is 6.40. The number of benzene rings is 2. The highest BCUT2D eigenvalue weighted by atomic mass is 32.1. The smallest absolute Gasteiger partial charge is 0.242 e. The van der Waals surface area contributed by atoms with E-state index in [1.165, 1.54) is 34.8 Å². The predicted octanol–water partition coefficient (Wildman–Crippen LogP) is 3.02. The van der Waals surface area contributed by atoms with Gasteiger partial charge in [0, 0.05) is 5.92 Å². The molecule has 2 aromatic carbocycles. The van der Waals surface area contributed by atoms with Crippen LogP contribution in [0.2, 0.25) is 0 Å². The summed E-state index contributed by atoms with van der Waals surface area (Å²) < 4.78 is 13.0. The number of carbonyl (C=O) groups excluding carboxylic acids is 1. The topological polar surface area (TPSA) is 58.4 Å². The van der Waals surface area contributed by atoms with Crippen molar-refractivity contribution in [1.82, 2.24) is 5.43 Å². The van der Waals surface area contributed by atoms with Crippen LogP contribution in [-0.4, -0.2) is 11.0 Å². The first-order valence-corrected chi connectivity index (χ1v) is 8.08. The molecule has 6 heteroatoms. The molecule has 2 atom stereocenters. The van der Waals surface area contributed by atoms with Crippen LogP contribution in [0.3, 0.4) is 0 Å². The van der Waals surface area contributed by atoms with Gasteiger partial charge in [-0.1, -0.05) is 29.8 Å². The van der Waals surface area contributed by atoms with Gasteiger partial charge in [0.05, 0.1) is 5.69 Å². The zero-order chi connectivity index (χ0) is 17.3. The van der Waals surface area contributed by atoms with Crippen molar-refractivity contribution in [2.75, 3.05) is 5.01 Å². The molecule has 124 valence electrons. The van der Waals surface area contributed by atoms with Gasteiger partial charge >= 0.3 is 0 Å². The summed E-state index contributed by atoms with van der Waals surface area (Å²) in [4.78, 5) is 12.5. The maximum atomic E-state index is 13.0. The second kappa shape index (κ2) is 6.57. The second-order valence-electron chi connectivity index (χ2n) is 5.99. The van der Waals surface area contributed by atoms with Crippen LogP contribution in [0.25, 0.3) is 0 Å². The highest BCUT2D eigenvalue weighted by molar-refractivity contribution is 7.80. The first-order valence-electron chi connectivity index (χ1n) is 7.68. The van der Waals surface area contributed by atoms with E-state index in [4.69, 9.17) is 18.0 Å².